The summed E-state index contributed by atoms with van der Waals surface area (Å²) in [4.78, 5) is 2.37. The van der Waals surface area contributed by atoms with Gasteiger partial charge in [0.05, 0.1) is 0 Å². The molecule has 0 aliphatic carbocycles. The molecule has 1 heterocycles. The number of likely N-dealkylation sites (tertiary alicyclic amines) is 1. The number of nitrogens with zero attached hydrogens (tertiary/aromatic N) is 2. The third-order valence-electron chi connectivity index (χ3n) is 2.78. The summed E-state index contributed by atoms with van der Waals surface area (Å²) in [6.45, 7) is 1.18. The Morgan fingerprint density at radius 3 is 3.00 bits per heavy atom. The number of rotatable bonds is 3. The predicted molar refractivity (Wildman–Crippen MR) is 52.9 cm³/mol. The molecule has 3 N–H and O–H groups in total. The van der Waals surface area contributed by atoms with Gasteiger partial charge in [0.2, 0.25) is 0 Å². The zero-order valence-electron chi connectivity index (χ0n) is 8.24. The Hall–Kier alpha value is -0.770. The molecule has 0 amide bonds. The van der Waals surface area contributed by atoms with E-state index in [1.54, 1.807) is 0 Å². The van der Waals surface area contributed by atoms with Crippen molar-refractivity contribution in [2.45, 2.75) is 38.1 Å². The van der Waals surface area contributed by atoms with E-state index in [4.69, 9.17) is 10.9 Å². The average molecular weight is 185 g/mol. The summed E-state index contributed by atoms with van der Waals surface area (Å²) in [5, 5.41) is 11.4. The lowest BCUT2D eigenvalue weighted by Gasteiger charge is -2.32. The van der Waals surface area contributed by atoms with Gasteiger partial charge in [-0.3, -0.25) is 0 Å². The lowest BCUT2D eigenvalue weighted by molar-refractivity contribution is 0.178. The van der Waals surface area contributed by atoms with Crippen LogP contribution in [-0.2, 0) is 0 Å². The first-order chi connectivity index (χ1) is 6.24. The van der Waals surface area contributed by atoms with E-state index in [2.05, 4.69) is 17.1 Å². The first-order valence-corrected chi connectivity index (χ1v) is 4.90. The molecule has 0 radical (unpaired) electrons. The molecule has 0 spiro atoms. The maximum Gasteiger partial charge on any atom is 0.139 e. The number of amidine groups is 1. The molecule has 1 atom stereocenters. The van der Waals surface area contributed by atoms with Gasteiger partial charge in [0.1, 0.15) is 5.84 Å². The van der Waals surface area contributed by atoms with Gasteiger partial charge < -0.3 is 15.8 Å². The molecule has 76 valence electrons. The minimum atomic E-state index is 0.346. The number of hydrogen-bond donors (Lipinski definition) is 2. The maximum absolute atomic E-state index is 8.38. The fourth-order valence-electron chi connectivity index (χ4n) is 1.87. The SMILES string of the molecule is CN1CCCCC1CCC(N)=NO. The van der Waals surface area contributed by atoms with Crippen LogP contribution < -0.4 is 5.73 Å². The third kappa shape index (κ3) is 3.22. The van der Waals surface area contributed by atoms with Crippen LogP contribution in [-0.4, -0.2) is 35.6 Å². The Labute approximate surface area is 79.4 Å². The van der Waals surface area contributed by atoms with Gasteiger partial charge in [-0.25, -0.2) is 0 Å². The van der Waals surface area contributed by atoms with Gasteiger partial charge in [-0.05, 0) is 32.9 Å². The lowest BCUT2D eigenvalue weighted by atomic mass is 9.98. The van der Waals surface area contributed by atoms with Gasteiger partial charge in [-0.1, -0.05) is 11.6 Å². The van der Waals surface area contributed by atoms with Crippen LogP contribution in [0.5, 0.6) is 0 Å². The highest BCUT2D eigenvalue weighted by Crippen LogP contribution is 2.18. The van der Waals surface area contributed by atoms with E-state index < -0.39 is 0 Å². The summed E-state index contributed by atoms with van der Waals surface area (Å²) in [5.74, 6) is 0.346. The van der Waals surface area contributed by atoms with Crippen molar-refractivity contribution < 1.29 is 5.21 Å². The van der Waals surface area contributed by atoms with Crippen molar-refractivity contribution >= 4 is 5.84 Å². The van der Waals surface area contributed by atoms with Crippen molar-refractivity contribution in [2.24, 2.45) is 10.9 Å². The van der Waals surface area contributed by atoms with Gasteiger partial charge in [0.15, 0.2) is 0 Å². The van der Waals surface area contributed by atoms with E-state index in [0.717, 1.165) is 6.42 Å². The molecule has 4 nitrogen and oxygen atoms in total. The van der Waals surface area contributed by atoms with Gasteiger partial charge in [-0.2, -0.15) is 0 Å². The maximum atomic E-state index is 8.38. The minimum Gasteiger partial charge on any atom is -0.409 e. The number of nitrogens with two attached hydrogens (primary N) is 1. The standard InChI is InChI=1S/C9H19N3O/c1-12-7-3-2-4-8(12)5-6-9(10)11-13/h8,13H,2-7H2,1H3,(H2,10,11). The van der Waals surface area contributed by atoms with Gasteiger partial charge in [0.25, 0.3) is 0 Å². The normalized spacial score (nSPS) is 26.2. The Morgan fingerprint density at radius 2 is 2.38 bits per heavy atom. The van der Waals surface area contributed by atoms with E-state index in [0.29, 0.717) is 18.3 Å². The summed E-state index contributed by atoms with van der Waals surface area (Å²) < 4.78 is 0. The van der Waals surface area contributed by atoms with E-state index in [1.807, 2.05) is 0 Å². The largest absolute Gasteiger partial charge is 0.409 e. The molecule has 1 aliphatic heterocycles. The van der Waals surface area contributed by atoms with E-state index in [9.17, 15) is 0 Å². The Morgan fingerprint density at radius 1 is 1.62 bits per heavy atom. The minimum absolute atomic E-state index is 0.346. The smallest absolute Gasteiger partial charge is 0.139 e. The highest BCUT2D eigenvalue weighted by molar-refractivity contribution is 5.79. The van der Waals surface area contributed by atoms with Gasteiger partial charge in [-0.15, -0.1) is 0 Å². The number of hydrogen-bond acceptors (Lipinski definition) is 3. The fourth-order valence-corrected chi connectivity index (χ4v) is 1.87. The summed E-state index contributed by atoms with van der Waals surface area (Å²) in [6, 6.07) is 0.619. The molecular weight excluding hydrogens is 166 g/mol. The molecule has 1 rings (SSSR count). The Bertz CT molecular complexity index is 182. The topological polar surface area (TPSA) is 61.8 Å². The molecule has 0 aromatic rings. The lowest BCUT2D eigenvalue weighted by Crippen LogP contribution is -2.36. The summed E-state index contributed by atoms with van der Waals surface area (Å²) in [7, 11) is 2.15. The Balaban J connectivity index is 2.26. The molecule has 0 bridgehead atoms. The van der Waals surface area contributed by atoms with Crippen molar-refractivity contribution in [1.29, 1.82) is 0 Å². The summed E-state index contributed by atoms with van der Waals surface area (Å²) in [5.41, 5.74) is 5.42. The second kappa shape index (κ2) is 5.07. The highest BCUT2D eigenvalue weighted by Gasteiger charge is 2.18. The van der Waals surface area contributed by atoms with Crippen molar-refractivity contribution in [3.05, 3.63) is 0 Å². The van der Waals surface area contributed by atoms with E-state index >= 15 is 0 Å². The fraction of sp³-hybridized carbons (Fsp3) is 0.889. The molecular formula is C9H19N3O. The predicted octanol–water partition coefficient (Wildman–Crippen LogP) is 0.997. The summed E-state index contributed by atoms with van der Waals surface area (Å²) >= 11 is 0. The number of piperidine rings is 1. The zero-order valence-corrected chi connectivity index (χ0v) is 8.24. The first kappa shape index (κ1) is 10.3. The second-order valence-corrected chi connectivity index (χ2v) is 3.76. The van der Waals surface area contributed by atoms with Crippen LogP contribution in [0.2, 0.25) is 0 Å². The van der Waals surface area contributed by atoms with Crippen molar-refractivity contribution in [2.75, 3.05) is 13.6 Å². The van der Waals surface area contributed by atoms with E-state index in [-0.39, 0.29) is 0 Å². The quantitative estimate of drug-likeness (QED) is 0.298. The van der Waals surface area contributed by atoms with Gasteiger partial charge in [0, 0.05) is 12.5 Å². The van der Waals surface area contributed by atoms with Crippen LogP contribution in [0.3, 0.4) is 0 Å². The van der Waals surface area contributed by atoms with Crippen molar-refractivity contribution in [3.63, 3.8) is 0 Å². The van der Waals surface area contributed by atoms with Crippen LogP contribution in [0.25, 0.3) is 0 Å². The van der Waals surface area contributed by atoms with E-state index in [1.165, 1.54) is 25.8 Å². The molecule has 0 saturated carbocycles. The van der Waals surface area contributed by atoms with Crippen LogP contribution in [0.4, 0.5) is 0 Å². The molecule has 0 aromatic heterocycles. The molecule has 4 heteroatoms. The molecule has 1 fully saturated rings. The molecule has 1 unspecified atom stereocenters. The van der Waals surface area contributed by atoms with Gasteiger partial charge >= 0.3 is 0 Å². The first-order valence-electron chi connectivity index (χ1n) is 4.90. The second-order valence-electron chi connectivity index (χ2n) is 3.76. The monoisotopic (exact) mass is 185 g/mol. The van der Waals surface area contributed by atoms with Crippen LogP contribution in [0.15, 0.2) is 5.16 Å². The van der Waals surface area contributed by atoms with Crippen LogP contribution >= 0.6 is 0 Å². The summed E-state index contributed by atoms with van der Waals surface area (Å²) in [6.07, 6.45) is 5.56. The zero-order chi connectivity index (χ0) is 9.68. The molecule has 1 saturated heterocycles. The van der Waals surface area contributed by atoms with Crippen LogP contribution in [0.1, 0.15) is 32.1 Å². The Kier molecular flexibility index (Phi) is 4.02. The highest BCUT2D eigenvalue weighted by atomic mass is 16.4. The molecule has 13 heavy (non-hydrogen) atoms. The number of oxime groups is 1. The molecule has 1 aliphatic rings. The van der Waals surface area contributed by atoms with Crippen molar-refractivity contribution in [1.82, 2.24) is 4.90 Å². The van der Waals surface area contributed by atoms with Crippen molar-refractivity contribution in [3.8, 4) is 0 Å². The molecule has 0 aromatic carbocycles. The average Bonchev–Trinajstić information content (AvgIpc) is 2.16. The third-order valence-corrected chi connectivity index (χ3v) is 2.78. The van der Waals surface area contributed by atoms with Crippen LogP contribution in [0, 0.1) is 0 Å².